The van der Waals surface area contributed by atoms with Crippen LogP contribution in [0.5, 0.6) is 5.75 Å². The topological polar surface area (TPSA) is 21.3 Å². The fourth-order valence-electron chi connectivity index (χ4n) is 1.85. The highest BCUT2D eigenvalue weighted by atomic mass is 79.9. The molecule has 0 fully saturated rings. The van der Waals surface area contributed by atoms with Crippen LogP contribution >= 0.6 is 39.1 Å². The molecule has 0 aliphatic carbocycles. The van der Waals surface area contributed by atoms with Crippen molar-refractivity contribution in [2.24, 2.45) is 0 Å². The Balaban J connectivity index is 1.98. The third-order valence-corrected chi connectivity index (χ3v) is 4.55. The lowest BCUT2D eigenvalue weighted by molar-refractivity contribution is 0.306. The van der Waals surface area contributed by atoms with Crippen LogP contribution in [0.3, 0.4) is 0 Å². The molecule has 0 saturated heterocycles. The summed E-state index contributed by atoms with van der Waals surface area (Å²) in [6.07, 6.45) is 1.02. The standard InChI is InChI=1S/C16H16BrCl2NO/c1-20-7-6-11-2-4-12(5-3-11)10-21-16-9-14(18)13(17)8-15(16)19/h2-5,8-9,20H,6-7,10H2,1H3. The van der Waals surface area contributed by atoms with Crippen molar-refractivity contribution in [1.82, 2.24) is 5.32 Å². The van der Waals surface area contributed by atoms with Gasteiger partial charge in [0.25, 0.3) is 0 Å². The highest BCUT2D eigenvalue weighted by Crippen LogP contribution is 2.34. The van der Waals surface area contributed by atoms with Gasteiger partial charge in [0, 0.05) is 10.5 Å². The van der Waals surface area contributed by atoms with E-state index in [9.17, 15) is 0 Å². The van der Waals surface area contributed by atoms with Crippen molar-refractivity contribution in [2.45, 2.75) is 13.0 Å². The van der Waals surface area contributed by atoms with Gasteiger partial charge in [0.2, 0.25) is 0 Å². The summed E-state index contributed by atoms with van der Waals surface area (Å²) in [6.45, 7) is 1.44. The Kier molecular flexibility index (Phi) is 6.37. The van der Waals surface area contributed by atoms with E-state index >= 15 is 0 Å². The molecule has 0 bridgehead atoms. The highest BCUT2D eigenvalue weighted by molar-refractivity contribution is 9.10. The summed E-state index contributed by atoms with van der Waals surface area (Å²) in [5.74, 6) is 0.587. The van der Waals surface area contributed by atoms with Crippen molar-refractivity contribution in [3.63, 3.8) is 0 Å². The van der Waals surface area contributed by atoms with Crippen molar-refractivity contribution < 1.29 is 4.74 Å². The molecule has 0 aliphatic heterocycles. The number of hydrogen-bond acceptors (Lipinski definition) is 2. The molecule has 0 aromatic heterocycles. The van der Waals surface area contributed by atoms with E-state index in [1.54, 1.807) is 12.1 Å². The lowest BCUT2D eigenvalue weighted by Crippen LogP contribution is -2.10. The number of rotatable bonds is 6. The van der Waals surface area contributed by atoms with E-state index < -0.39 is 0 Å². The Hall–Kier alpha value is -0.740. The quantitative estimate of drug-likeness (QED) is 0.695. The normalized spacial score (nSPS) is 10.7. The van der Waals surface area contributed by atoms with Gasteiger partial charge in [-0.2, -0.15) is 0 Å². The van der Waals surface area contributed by atoms with Gasteiger partial charge in [-0.25, -0.2) is 0 Å². The summed E-state index contributed by atoms with van der Waals surface area (Å²) in [6, 6.07) is 11.8. The van der Waals surface area contributed by atoms with Crippen LogP contribution in [0.1, 0.15) is 11.1 Å². The molecule has 0 saturated carbocycles. The van der Waals surface area contributed by atoms with Crippen LogP contribution in [-0.4, -0.2) is 13.6 Å². The van der Waals surface area contributed by atoms with Gasteiger partial charge in [-0.15, -0.1) is 0 Å². The Morgan fingerprint density at radius 1 is 1.05 bits per heavy atom. The minimum Gasteiger partial charge on any atom is -0.487 e. The molecule has 0 atom stereocenters. The summed E-state index contributed by atoms with van der Waals surface area (Å²) in [7, 11) is 1.95. The summed E-state index contributed by atoms with van der Waals surface area (Å²) in [4.78, 5) is 0. The maximum Gasteiger partial charge on any atom is 0.139 e. The summed E-state index contributed by atoms with van der Waals surface area (Å²) in [5.41, 5.74) is 2.40. The van der Waals surface area contributed by atoms with E-state index in [0.29, 0.717) is 22.4 Å². The van der Waals surface area contributed by atoms with Crippen LogP contribution in [0.4, 0.5) is 0 Å². The second-order valence-electron chi connectivity index (χ2n) is 4.66. The van der Waals surface area contributed by atoms with Crippen molar-refractivity contribution in [3.8, 4) is 5.75 Å². The fourth-order valence-corrected chi connectivity index (χ4v) is 2.69. The summed E-state index contributed by atoms with van der Waals surface area (Å²) >= 11 is 15.5. The second-order valence-corrected chi connectivity index (χ2v) is 6.32. The molecule has 1 N–H and O–H groups in total. The molecule has 0 spiro atoms. The number of ether oxygens (including phenoxy) is 1. The first kappa shape index (κ1) is 16.6. The molecular formula is C16H16BrCl2NO. The average Bonchev–Trinajstić information content (AvgIpc) is 2.48. The maximum atomic E-state index is 6.13. The second kappa shape index (κ2) is 8.04. The zero-order chi connectivity index (χ0) is 15.2. The van der Waals surface area contributed by atoms with E-state index in [1.807, 2.05) is 7.05 Å². The molecule has 0 aliphatic rings. The van der Waals surface area contributed by atoms with Crippen LogP contribution in [0, 0.1) is 0 Å². The highest BCUT2D eigenvalue weighted by Gasteiger charge is 2.07. The summed E-state index contributed by atoms with van der Waals surface area (Å²) in [5, 5.41) is 4.26. The first-order valence-corrected chi connectivity index (χ1v) is 8.15. The minimum absolute atomic E-state index is 0.462. The van der Waals surface area contributed by atoms with Gasteiger partial charge in [-0.05, 0) is 53.1 Å². The molecular weight excluding hydrogens is 373 g/mol. The van der Waals surface area contributed by atoms with Crippen LogP contribution in [0.2, 0.25) is 10.0 Å². The van der Waals surface area contributed by atoms with Gasteiger partial charge in [-0.1, -0.05) is 47.5 Å². The zero-order valence-corrected chi connectivity index (χ0v) is 14.7. The number of nitrogens with one attached hydrogen (secondary N) is 1. The lowest BCUT2D eigenvalue weighted by Gasteiger charge is -2.10. The third kappa shape index (κ3) is 4.89. The molecule has 2 rings (SSSR count). The Morgan fingerprint density at radius 2 is 1.71 bits per heavy atom. The third-order valence-electron chi connectivity index (χ3n) is 3.06. The molecule has 0 amide bonds. The SMILES string of the molecule is CNCCc1ccc(COc2cc(Cl)c(Br)cc2Cl)cc1. The molecule has 0 radical (unpaired) electrons. The van der Waals surface area contributed by atoms with Crippen LogP contribution in [-0.2, 0) is 13.0 Å². The van der Waals surface area contributed by atoms with Crippen LogP contribution < -0.4 is 10.1 Å². The Labute approximate surface area is 143 Å². The van der Waals surface area contributed by atoms with Gasteiger partial charge in [0.05, 0.1) is 10.0 Å². The Morgan fingerprint density at radius 3 is 2.38 bits per heavy atom. The molecule has 21 heavy (non-hydrogen) atoms. The number of likely N-dealkylation sites (N-methyl/N-ethyl adjacent to an activating group) is 1. The molecule has 5 heteroatoms. The van der Waals surface area contributed by atoms with Crippen LogP contribution in [0.15, 0.2) is 40.9 Å². The van der Waals surface area contributed by atoms with E-state index in [4.69, 9.17) is 27.9 Å². The largest absolute Gasteiger partial charge is 0.487 e. The van der Waals surface area contributed by atoms with Gasteiger partial charge in [-0.3, -0.25) is 0 Å². The molecule has 112 valence electrons. The lowest BCUT2D eigenvalue weighted by atomic mass is 10.1. The zero-order valence-electron chi connectivity index (χ0n) is 11.6. The maximum absolute atomic E-state index is 6.13. The predicted molar refractivity (Wildman–Crippen MR) is 92.6 cm³/mol. The van der Waals surface area contributed by atoms with E-state index in [-0.39, 0.29) is 0 Å². The molecule has 0 heterocycles. The van der Waals surface area contributed by atoms with E-state index in [1.165, 1.54) is 5.56 Å². The van der Waals surface area contributed by atoms with Crippen molar-refractivity contribution in [1.29, 1.82) is 0 Å². The summed E-state index contributed by atoms with van der Waals surface area (Å²) < 4.78 is 6.49. The van der Waals surface area contributed by atoms with Gasteiger partial charge < -0.3 is 10.1 Å². The molecule has 0 unspecified atom stereocenters. The number of halogens is 3. The smallest absolute Gasteiger partial charge is 0.139 e. The van der Waals surface area contributed by atoms with Crippen molar-refractivity contribution in [2.75, 3.05) is 13.6 Å². The van der Waals surface area contributed by atoms with E-state index in [0.717, 1.165) is 23.0 Å². The molecule has 2 nitrogen and oxygen atoms in total. The molecule has 2 aromatic carbocycles. The van der Waals surface area contributed by atoms with Gasteiger partial charge >= 0.3 is 0 Å². The predicted octanol–water partition coefficient (Wildman–Crippen LogP) is 5.10. The minimum atomic E-state index is 0.462. The van der Waals surface area contributed by atoms with Gasteiger partial charge in [0.15, 0.2) is 0 Å². The fraction of sp³-hybridized carbons (Fsp3) is 0.250. The number of hydrogen-bond donors (Lipinski definition) is 1. The molecule has 2 aromatic rings. The monoisotopic (exact) mass is 387 g/mol. The Bertz CT molecular complexity index is 602. The first-order valence-electron chi connectivity index (χ1n) is 6.60. The van der Waals surface area contributed by atoms with Gasteiger partial charge in [0.1, 0.15) is 12.4 Å². The van der Waals surface area contributed by atoms with Crippen molar-refractivity contribution >= 4 is 39.1 Å². The number of benzene rings is 2. The van der Waals surface area contributed by atoms with Crippen LogP contribution in [0.25, 0.3) is 0 Å². The first-order chi connectivity index (χ1) is 10.1. The average molecular weight is 389 g/mol. The van der Waals surface area contributed by atoms with E-state index in [2.05, 4.69) is 45.5 Å². The van der Waals surface area contributed by atoms with Crippen molar-refractivity contribution in [3.05, 3.63) is 62.0 Å².